The molecule has 0 radical (unpaired) electrons. The van der Waals surface area contributed by atoms with Crippen LogP contribution in [0.25, 0.3) is 5.73 Å². The first-order chi connectivity index (χ1) is 4.36. The van der Waals surface area contributed by atoms with E-state index >= 15 is 0 Å². The van der Waals surface area contributed by atoms with E-state index in [0.717, 1.165) is 0 Å². The minimum atomic E-state index is -1.05. The number of hydrogen-bond donors (Lipinski definition) is 1. The molecule has 0 aliphatic carbocycles. The fourth-order valence-electron chi connectivity index (χ4n) is 0.497. The van der Waals surface area contributed by atoms with Gasteiger partial charge in [0.15, 0.2) is 0 Å². The molecule has 5 heteroatoms. The van der Waals surface area contributed by atoms with Crippen LogP contribution >= 0.6 is 0 Å². The van der Waals surface area contributed by atoms with Gasteiger partial charge in [-0.15, -0.1) is 0 Å². The van der Waals surface area contributed by atoms with Crippen LogP contribution in [-0.4, -0.2) is 17.4 Å². The van der Waals surface area contributed by atoms with Gasteiger partial charge in [0.1, 0.15) is 0 Å². The Labute approximate surface area is 59.8 Å². The molecule has 2 N–H and O–H groups in total. The van der Waals surface area contributed by atoms with Gasteiger partial charge in [0.05, 0.1) is 11.4 Å². The van der Waals surface area contributed by atoms with Crippen LogP contribution in [0.3, 0.4) is 0 Å². The average Bonchev–Trinajstić information content (AvgIpc) is 1.60. The molecule has 0 unspecified atom stereocenters. The van der Waals surface area contributed by atoms with Gasteiger partial charge in [0.25, 0.3) is 0 Å². The molecule has 0 fully saturated rings. The summed E-state index contributed by atoms with van der Waals surface area (Å²) in [6, 6.07) is 0. The Hall–Kier alpha value is -2.06. The summed E-state index contributed by atoms with van der Waals surface area (Å²) >= 11 is 0. The second kappa shape index (κ2) is 3.20. The van der Waals surface area contributed by atoms with Crippen molar-refractivity contribution in [3.8, 4) is 0 Å². The molecule has 0 rings (SSSR count). The number of carbonyl (C=O) groups excluding carboxylic acids is 2. The van der Waals surface area contributed by atoms with Gasteiger partial charge in [-0.1, -0.05) is 0 Å². The van der Waals surface area contributed by atoms with Crippen molar-refractivity contribution >= 4 is 11.8 Å². The topological polar surface area (TPSA) is 70.0 Å². The zero-order valence-electron chi connectivity index (χ0n) is 7.02. The molecule has 0 aliphatic heterocycles. The standard InChI is InChI=1S/C6H12N2O2.Rf/c1-4(9)8-6(2,3)5(7)10;/h1-3H3,(H3,7,8,9,10);/p-1. The summed E-state index contributed by atoms with van der Waals surface area (Å²) in [6.45, 7) is 4.29. The zero-order chi connectivity index (χ0) is 8.36. The zero-order valence-corrected chi connectivity index (χ0v) is 13.4. The quantitative estimate of drug-likeness (QED) is 0.720. The van der Waals surface area contributed by atoms with Gasteiger partial charge in [-0.05, 0) is 13.8 Å². The maximum absolute atomic E-state index is 10.5. The third-order valence-corrected chi connectivity index (χ3v) is 1.06. The summed E-state index contributed by atoms with van der Waals surface area (Å²) in [5.41, 5.74) is 5.67. The van der Waals surface area contributed by atoms with E-state index in [1.54, 1.807) is 0 Å². The third kappa shape index (κ3) is 3.51. The second-order valence-electron chi connectivity index (χ2n) is 2.64. The summed E-state index contributed by atoms with van der Waals surface area (Å²) in [7, 11) is 0. The van der Waals surface area contributed by atoms with Gasteiger partial charge in [0.2, 0.25) is 5.91 Å². The average molecular weight is 410 g/mol. The number of hydrogen-bond acceptors (Lipinski definition) is 2. The molecule has 60 valence electrons. The minimum Gasteiger partial charge on any atom is -0.666 e. The van der Waals surface area contributed by atoms with Crippen molar-refractivity contribution in [2.24, 2.45) is 0 Å². The van der Waals surface area contributed by atoms with Crippen molar-refractivity contribution in [1.82, 2.24) is 5.32 Å². The molecule has 0 aromatic heterocycles. The van der Waals surface area contributed by atoms with E-state index in [1.807, 2.05) is 0 Å². The maximum Gasteiger partial charge on any atom is 0.217 e. The normalized spacial score (nSPS) is 9.73. The Morgan fingerprint density at radius 1 is 1.36 bits per heavy atom. The Morgan fingerprint density at radius 2 is 1.73 bits per heavy atom. The van der Waals surface area contributed by atoms with E-state index in [-0.39, 0.29) is 5.91 Å². The van der Waals surface area contributed by atoms with Crippen LogP contribution in [-0.2, 0) is 9.59 Å². The molecular weight excluding hydrogens is 399 g/mol. The molecule has 2 amide bonds. The summed E-state index contributed by atoms with van der Waals surface area (Å²) < 4.78 is 0. The van der Waals surface area contributed by atoms with E-state index in [1.165, 1.54) is 20.8 Å². The van der Waals surface area contributed by atoms with Crippen LogP contribution in [0, 0.1) is 0 Å². The van der Waals surface area contributed by atoms with Gasteiger partial charge < -0.3 is 15.8 Å². The number of carbonyl (C=O) groups is 2. The van der Waals surface area contributed by atoms with Crippen LogP contribution in [0.5, 0.6) is 0 Å². The van der Waals surface area contributed by atoms with Crippen molar-refractivity contribution in [2.45, 2.75) is 26.3 Å². The molecule has 0 bridgehead atoms. The minimum absolute atomic E-state index is 0. The van der Waals surface area contributed by atoms with E-state index in [4.69, 9.17) is 5.73 Å². The molecule has 0 saturated carbocycles. The molecule has 0 aromatic carbocycles. The van der Waals surface area contributed by atoms with E-state index in [2.05, 4.69) is 5.32 Å². The van der Waals surface area contributed by atoms with Gasteiger partial charge in [-0.3, -0.25) is 4.79 Å². The summed E-state index contributed by atoms with van der Waals surface area (Å²) in [5.74, 6) is -1.09. The van der Waals surface area contributed by atoms with E-state index in [0.29, 0.717) is 0 Å². The monoisotopic (exact) mass is 410 g/mol. The number of nitrogens with one attached hydrogen (secondary N) is 2. The Morgan fingerprint density at radius 3 is 1.82 bits per heavy atom. The smallest absolute Gasteiger partial charge is 0.217 e. The second-order valence-corrected chi connectivity index (χ2v) is 2.64. The van der Waals surface area contributed by atoms with Crippen molar-refractivity contribution in [3.05, 3.63) is 5.73 Å². The van der Waals surface area contributed by atoms with Crippen LogP contribution in [0.2, 0.25) is 0 Å². The SMILES string of the molecule is CC(=O)NC(C)(C)C([NH-])=O.[Rf]. The van der Waals surface area contributed by atoms with E-state index < -0.39 is 11.4 Å². The van der Waals surface area contributed by atoms with Gasteiger partial charge in [-0.25, -0.2) is 0 Å². The molecular formula is C6H11N2O2Rf-. The summed E-state index contributed by atoms with van der Waals surface area (Å²) in [4.78, 5) is 20.9. The first kappa shape index (κ1) is 11.7. The van der Waals surface area contributed by atoms with E-state index in [9.17, 15) is 9.59 Å². The predicted octanol–water partition coefficient (Wildman–Crippen LogP) is 0.480. The van der Waals surface area contributed by atoms with Crippen molar-refractivity contribution in [2.75, 3.05) is 0 Å². The van der Waals surface area contributed by atoms with Gasteiger partial charge >= 0.3 is 0 Å². The van der Waals surface area contributed by atoms with Crippen LogP contribution in [0.1, 0.15) is 20.8 Å². The first-order valence-electron chi connectivity index (χ1n) is 2.91. The molecule has 0 aliphatic rings. The Balaban J connectivity index is 0. The number of rotatable bonds is 2. The molecule has 0 aromatic rings. The number of amides is 2. The largest absolute Gasteiger partial charge is 0.666 e. The predicted molar refractivity (Wildman–Crippen MR) is 37.2 cm³/mol. The maximum atomic E-state index is 10.5. The Kier molecular flexibility index (Phi) is 3.40. The molecule has 0 heterocycles. The molecule has 11 heavy (non-hydrogen) atoms. The molecule has 0 atom stereocenters. The molecule has 4 nitrogen and oxygen atoms in total. The fourth-order valence-corrected chi connectivity index (χ4v) is 0.497. The molecule has 0 saturated heterocycles. The van der Waals surface area contributed by atoms with Crippen molar-refractivity contribution in [1.29, 1.82) is 0 Å². The van der Waals surface area contributed by atoms with Crippen molar-refractivity contribution < 1.29 is 9.59 Å². The van der Waals surface area contributed by atoms with Crippen LogP contribution in [0.15, 0.2) is 0 Å². The first-order valence-corrected chi connectivity index (χ1v) is 2.91. The van der Waals surface area contributed by atoms with Crippen LogP contribution < -0.4 is 5.32 Å². The van der Waals surface area contributed by atoms with Gasteiger partial charge in [0, 0.05) is 6.92 Å². The molecule has 0 spiro atoms. The third-order valence-electron chi connectivity index (χ3n) is 1.06. The summed E-state index contributed by atoms with van der Waals surface area (Å²) in [5, 5.41) is 2.34. The van der Waals surface area contributed by atoms with Crippen molar-refractivity contribution in [3.63, 3.8) is 0 Å². The van der Waals surface area contributed by atoms with Gasteiger partial charge in [-0.2, -0.15) is 0 Å². The fraction of sp³-hybridized carbons (Fsp3) is 0.667. The van der Waals surface area contributed by atoms with Crippen LogP contribution in [0.4, 0.5) is 0 Å². The Bertz CT molecular complexity index is 168. The summed E-state index contributed by atoms with van der Waals surface area (Å²) in [6.07, 6.45) is 0.